The van der Waals surface area contributed by atoms with E-state index in [0.717, 1.165) is 12.8 Å². The van der Waals surface area contributed by atoms with Crippen molar-refractivity contribution in [1.29, 1.82) is 0 Å². The number of piperidine rings is 1. The summed E-state index contributed by atoms with van der Waals surface area (Å²) >= 11 is 0. The van der Waals surface area contributed by atoms with Gasteiger partial charge in [0.05, 0.1) is 18.5 Å². The number of hydrogen-bond acceptors (Lipinski definition) is 7. The summed E-state index contributed by atoms with van der Waals surface area (Å²) in [6.07, 6.45) is 4.40. The molecule has 9 nitrogen and oxygen atoms in total. The molecule has 0 unspecified atom stereocenters. The zero-order valence-electron chi connectivity index (χ0n) is 14.2. The molecular weight excluding hydrogens is 324 g/mol. The van der Waals surface area contributed by atoms with Crippen molar-refractivity contribution in [1.82, 2.24) is 24.4 Å². The molecule has 1 saturated heterocycles. The molecular formula is C16H20N6O3. The molecule has 1 N–H and O–H groups in total. The Bertz CT molecular complexity index is 807. The molecule has 132 valence electrons. The van der Waals surface area contributed by atoms with E-state index < -0.39 is 0 Å². The van der Waals surface area contributed by atoms with Gasteiger partial charge in [-0.25, -0.2) is 19.7 Å². The van der Waals surface area contributed by atoms with Crippen LogP contribution in [0.1, 0.15) is 12.8 Å². The van der Waals surface area contributed by atoms with Crippen LogP contribution in [0.15, 0.2) is 29.5 Å². The van der Waals surface area contributed by atoms with Crippen LogP contribution in [0.4, 0.5) is 10.7 Å². The van der Waals surface area contributed by atoms with Crippen molar-refractivity contribution in [3.05, 3.63) is 35.0 Å². The second kappa shape index (κ2) is 7.29. The van der Waals surface area contributed by atoms with Gasteiger partial charge in [-0.05, 0) is 18.9 Å². The van der Waals surface area contributed by atoms with Crippen LogP contribution in [0, 0.1) is 0 Å². The van der Waals surface area contributed by atoms with E-state index in [4.69, 9.17) is 4.74 Å². The highest BCUT2D eigenvalue weighted by Gasteiger charge is 2.25. The largest absolute Gasteiger partial charge is 0.453 e. The number of nitrogens with zero attached hydrogens (tertiary/aromatic N) is 5. The van der Waals surface area contributed by atoms with Crippen LogP contribution >= 0.6 is 0 Å². The Morgan fingerprint density at radius 1 is 1.40 bits per heavy atom. The molecule has 0 aliphatic carbocycles. The third-order valence-electron chi connectivity index (χ3n) is 4.17. The van der Waals surface area contributed by atoms with Crippen molar-refractivity contribution < 1.29 is 9.53 Å². The molecule has 9 heteroatoms. The maximum Gasteiger partial charge on any atom is 0.409 e. The van der Waals surface area contributed by atoms with E-state index in [1.807, 2.05) is 0 Å². The third-order valence-corrected chi connectivity index (χ3v) is 4.17. The van der Waals surface area contributed by atoms with E-state index in [2.05, 4.69) is 20.3 Å². The van der Waals surface area contributed by atoms with E-state index in [0.29, 0.717) is 30.4 Å². The van der Waals surface area contributed by atoms with Crippen molar-refractivity contribution in [2.45, 2.75) is 18.9 Å². The lowest BCUT2D eigenvalue weighted by atomic mass is 10.1. The molecule has 0 spiro atoms. The Morgan fingerprint density at radius 2 is 2.24 bits per heavy atom. The SMILES string of the molecule is COC(=O)N1CCC[C@@H](Nc2nc(-c3ccncn3)cc(=O)n2C)C1. The number of aromatic nitrogens is 4. The molecule has 3 rings (SSSR count). The van der Waals surface area contributed by atoms with Gasteiger partial charge in [0.2, 0.25) is 5.95 Å². The Kier molecular flexibility index (Phi) is 4.92. The molecule has 25 heavy (non-hydrogen) atoms. The molecule has 1 aliphatic heterocycles. The highest BCUT2D eigenvalue weighted by atomic mass is 16.5. The van der Waals surface area contributed by atoms with Crippen molar-refractivity contribution in [3.8, 4) is 11.4 Å². The molecule has 2 aromatic rings. The number of carbonyl (C=O) groups excluding carboxylic acids is 1. The van der Waals surface area contributed by atoms with E-state index in [-0.39, 0.29) is 17.7 Å². The molecule has 0 radical (unpaired) electrons. The smallest absolute Gasteiger partial charge is 0.409 e. The zero-order chi connectivity index (χ0) is 17.8. The number of carbonyl (C=O) groups is 1. The quantitative estimate of drug-likeness (QED) is 0.881. The summed E-state index contributed by atoms with van der Waals surface area (Å²) in [5.74, 6) is 0.442. The van der Waals surface area contributed by atoms with Gasteiger partial charge in [0.15, 0.2) is 0 Å². The van der Waals surface area contributed by atoms with Gasteiger partial charge in [-0.3, -0.25) is 9.36 Å². The average molecular weight is 344 g/mol. The normalized spacial score (nSPS) is 17.2. The zero-order valence-corrected chi connectivity index (χ0v) is 14.2. The van der Waals surface area contributed by atoms with E-state index >= 15 is 0 Å². The van der Waals surface area contributed by atoms with Crippen LogP contribution in [0.25, 0.3) is 11.4 Å². The Morgan fingerprint density at radius 3 is 2.96 bits per heavy atom. The molecule has 1 atom stereocenters. The second-order valence-corrected chi connectivity index (χ2v) is 5.86. The highest BCUT2D eigenvalue weighted by molar-refractivity contribution is 5.67. The van der Waals surface area contributed by atoms with E-state index in [1.54, 1.807) is 24.2 Å². The van der Waals surface area contributed by atoms with Crippen molar-refractivity contribution >= 4 is 12.0 Å². The minimum Gasteiger partial charge on any atom is -0.453 e. The number of methoxy groups -OCH3 is 1. The number of anilines is 1. The Labute approximate surface area is 144 Å². The number of ether oxygens (including phenoxy) is 1. The summed E-state index contributed by atoms with van der Waals surface area (Å²) in [6, 6.07) is 3.13. The van der Waals surface area contributed by atoms with Gasteiger partial charge >= 0.3 is 6.09 Å². The number of nitrogens with one attached hydrogen (secondary N) is 1. The monoisotopic (exact) mass is 344 g/mol. The van der Waals surface area contributed by atoms with Crippen molar-refractivity contribution in [2.75, 3.05) is 25.5 Å². The molecule has 3 heterocycles. The van der Waals surface area contributed by atoms with Crippen molar-refractivity contribution in [2.24, 2.45) is 7.05 Å². The van der Waals surface area contributed by atoms with Gasteiger partial charge in [0, 0.05) is 38.4 Å². The molecule has 0 bridgehead atoms. The summed E-state index contributed by atoms with van der Waals surface area (Å²) in [6.45, 7) is 1.17. The highest BCUT2D eigenvalue weighted by Crippen LogP contribution is 2.17. The second-order valence-electron chi connectivity index (χ2n) is 5.86. The lowest BCUT2D eigenvalue weighted by Crippen LogP contribution is -2.45. The van der Waals surface area contributed by atoms with Gasteiger partial charge < -0.3 is 15.0 Å². The number of amides is 1. The van der Waals surface area contributed by atoms with Gasteiger partial charge in [-0.2, -0.15) is 0 Å². The number of rotatable bonds is 3. The molecule has 0 aromatic carbocycles. The van der Waals surface area contributed by atoms with Gasteiger partial charge in [0.25, 0.3) is 5.56 Å². The topological polar surface area (TPSA) is 102 Å². The maximum atomic E-state index is 12.2. The lowest BCUT2D eigenvalue weighted by Gasteiger charge is -2.32. The minimum atomic E-state index is -0.344. The molecule has 2 aromatic heterocycles. The number of hydrogen-bond donors (Lipinski definition) is 1. The van der Waals surface area contributed by atoms with Crippen molar-refractivity contribution in [3.63, 3.8) is 0 Å². The molecule has 0 saturated carbocycles. The minimum absolute atomic E-state index is 0.00778. The standard InChI is InChI=1S/C16H20N6O3/c1-21-14(23)8-13(12-5-6-17-10-18-12)20-15(21)19-11-4-3-7-22(9-11)16(24)25-2/h5-6,8,10-11H,3-4,7,9H2,1-2H3,(H,19,20)/t11-/m1/s1. The predicted molar refractivity (Wildman–Crippen MR) is 91.1 cm³/mol. The van der Waals surface area contributed by atoms with Crippen LogP contribution in [-0.4, -0.2) is 56.8 Å². The third kappa shape index (κ3) is 3.76. The molecule has 1 aliphatic rings. The first kappa shape index (κ1) is 16.9. The average Bonchev–Trinajstić information content (AvgIpc) is 2.65. The number of likely N-dealkylation sites (tertiary alicyclic amines) is 1. The van der Waals surface area contributed by atoms with Crippen LogP contribution in [0.3, 0.4) is 0 Å². The summed E-state index contributed by atoms with van der Waals surface area (Å²) in [5.41, 5.74) is 0.871. The lowest BCUT2D eigenvalue weighted by molar-refractivity contribution is 0.113. The van der Waals surface area contributed by atoms with Gasteiger partial charge in [0.1, 0.15) is 6.33 Å². The van der Waals surface area contributed by atoms with Gasteiger partial charge in [-0.1, -0.05) is 0 Å². The first-order valence-electron chi connectivity index (χ1n) is 8.02. The van der Waals surface area contributed by atoms with Crippen LogP contribution < -0.4 is 10.9 Å². The van der Waals surface area contributed by atoms with Crippen LogP contribution in [0.2, 0.25) is 0 Å². The molecule has 1 amide bonds. The fourth-order valence-electron chi connectivity index (χ4n) is 2.81. The Balaban J connectivity index is 1.83. The Hall–Kier alpha value is -2.97. The predicted octanol–water partition coefficient (Wildman–Crippen LogP) is 0.880. The fraction of sp³-hybridized carbons (Fsp3) is 0.438. The van der Waals surface area contributed by atoms with Crippen LogP contribution in [0.5, 0.6) is 0 Å². The van der Waals surface area contributed by atoms with E-state index in [1.165, 1.54) is 24.1 Å². The summed E-state index contributed by atoms with van der Waals surface area (Å²) in [7, 11) is 3.03. The summed E-state index contributed by atoms with van der Waals surface area (Å²) in [5, 5.41) is 3.27. The summed E-state index contributed by atoms with van der Waals surface area (Å²) in [4.78, 5) is 38.1. The van der Waals surface area contributed by atoms with E-state index in [9.17, 15) is 9.59 Å². The van der Waals surface area contributed by atoms with Crippen LogP contribution in [-0.2, 0) is 11.8 Å². The summed E-state index contributed by atoms with van der Waals surface area (Å²) < 4.78 is 6.23. The van der Waals surface area contributed by atoms with Gasteiger partial charge in [-0.15, -0.1) is 0 Å². The molecule has 1 fully saturated rings. The first-order chi connectivity index (χ1) is 12.1. The maximum absolute atomic E-state index is 12.2. The first-order valence-corrected chi connectivity index (χ1v) is 8.02. The fourth-order valence-corrected chi connectivity index (χ4v) is 2.81.